The van der Waals surface area contributed by atoms with E-state index >= 15 is 0 Å². The van der Waals surface area contributed by atoms with Gasteiger partial charge in [0.25, 0.3) is 5.91 Å². The van der Waals surface area contributed by atoms with Crippen LogP contribution in [-0.4, -0.2) is 57.6 Å². The van der Waals surface area contributed by atoms with Crippen molar-refractivity contribution in [1.29, 1.82) is 0 Å². The monoisotopic (exact) mass is 361 g/mol. The van der Waals surface area contributed by atoms with E-state index in [0.717, 1.165) is 34.3 Å². The van der Waals surface area contributed by atoms with Crippen molar-refractivity contribution in [1.82, 2.24) is 14.9 Å². The van der Waals surface area contributed by atoms with Crippen LogP contribution in [0.1, 0.15) is 17.8 Å². The summed E-state index contributed by atoms with van der Waals surface area (Å²) in [4.78, 5) is 22.1. The number of H-pyrrole nitrogens is 1. The van der Waals surface area contributed by atoms with Gasteiger partial charge in [0.15, 0.2) is 0 Å². The van der Waals surface area contributed by atoms with Gasteiger partial charge in [-0.15, -0.1) is 0 Å². The molecule has 134 valence electrons. The maximum atomic E-state index is 12.4. The van der Waals surface area contributed by atoms with Crippen LogP contribution in [0.15, 0.2) is 24.3 Å². The number of hydrogen-bond donors (Lipinski definition) is 2. The Morgan fingerprint density at radius 1 is 1.52 bits per heavy atom. The number of nitrogens with zero attached hydrogens (tertiary/aromatic N) is 2. The summed E-state index contributed by atoms with van der Waals surface area (Å²) < 4.78 is 5.26. The molecule has 2 heterocycles. The molecule has 3 rings (SSSR count). The predicted octanol–water partition coefficient (Wildman–Crippen LogP) is 2.08. The minimum absolute atomic E-state index is 0.197. The first kappa shape index (κ1) is 17.8. The van der Waals surface area contributed by atoms with Gasteiger partial charge in [-0.2, -0.15) is 11.8 Å². The van der Waals surface area contributed by atoms with Crippen LogP contribution >= 0.6 is 11.8 Å². The number of carbonyl (C=O) groups is 1. The standard InChI is InChI=1S/C18H23N3O3S/c1-24-13-5-3-4-12(10-13)17-19-14-6-8-21(11-15(14)20-17)18(23)16(22)7-9-25-2/h3-5,10,16,22H,6-9,11H2,1-2H3,(H,19,20). The molecule has 25 heavy (non-hydrogen) atoms. The van der Waals surface area contributed by atoms with E-state index < -0.39 is 6.10 Å². The Labute approximate surface area is 151 Å². The van der Waals surface area contributed by atoms with Gasteiger partial charge in [0.05, 0.1) is 25.0 Å². The number of hydrogen-bond acceptors (Lipinski definition) is 5. The van der Waals surface area contributed by atoms with Gasteiger partial charge in [0.2, 0.25) is 0 Å². The number of imidazole rings is 1. The molecule has 0 bridgehead atoms. The van der Waals surface area contributed by atoms with Crippen LogP contribution in [0.4, 0.5) is 0 Å². The predicted molar refractivity (Wildman–Crippen MR) is 98.7 cm³/mol. The fourth-order valence-electron chi connectivity index (χ4n) is 2.95. The van der Waals surface area contributed by atoms with Crippen LogP contribution in [-0.2, 0) is 17.8 Å². The highest BCUT2D eigenvalue weighted by Gasteiger charge is 2.27. The SMILES string of the molecule is COc1cccc(-c2nc3c([nH]2)CN(C(=O)C(O)CCSC)CC3)c1. The molecule has 1 amide bonds. The summed E-state index contributed by atoms with van der Waals surface area (Å²) in [6.07, 6.45) is 2.22. The lowest BCUT2D eigenvalue weighted by molar-refractivity contribution is -0.141. The lowest BCUT2D eigenvalue weighted by Crippen LogP contribution is -2.42. The number of fused-ring (bicyclic) bond motifs is 1. The Balaban J connectivity index is 1.74. The highest BCUT2D eigenvalue weighted by Crippen LogP contribution is 2.25. The second-order valence-corrected chi connectivity index (χ2v) is 7.04. The number of ether oxygens (including phenoxy) is 1. The quantitative estimate of drug-likeness (QED) is 0.824. The average molecular weight is 361 g/mol. The van der Waals surface area contributed by atoms with Crippen LogP contribution < -0.4 is 4.74 Å². The molecule has 0 spiro atoms. The molecule has 1 aliphatic rings. The van der Waals surface area contributed by atoms with E-state index in [1.807, 2.05) is 30.5 Å². The van der Waals surface area contributed by atoms with Crippen molar-refractivity contribution in [3.8, 4) is 17.1 Å². The Hall–Kier alpha value is -1.99. The van der Waals surface area contributed by atoms with Gasteiger partial charge >= 0.3 is 0 Å². The number of thioether (sulfide) groups is 1. The van der Waals surface area contributed by atoms with E-state index in [1.165, 1.54) is 0 Å². The average Bonchev–Trinajstić information content (AvgIpc) is 3.08. The van der Waals surface area contributed by atoms with E-state index in [0.29, 0.717) is 25.9 Å². The minimum Gasteiger partial charge on any atom is -0.497 e. The molecule has 0 saturated carbocycles. The first-order valence-electron chi connectivity index (χ1n) is 8.30. The first-order chi connectivity index (χ1) is 12.1. The lowest BCUT2D eigenvalue weighted by Gasteiger charge is -2.28. The van der Waals surface area contributed by atoms with Crippen LogP contribution in [0, 0.1) is 0 Å². The molecule has 0 aliphatic carbocycles. The largest absolute Gasteiger partial charge is 0.497 e. The third kappa shape index (κ3) is 3.99. The molecule has 6 nitrogen and oxygen atoms in total. The molecule has 1 aromatic carbocycles. The van der Waals surface area contributed by atoms with Crippen molar-refractivity contribution in [2.75, 3.05) is 25.7 Å². The van der Waals surface area contributed by atoms with Gasteiger partial charge in [0, 0.05) is 18.5 Å². The topological polar surface area (TPSA) is 78.5 Å². The maximum Gasteiger partial charge on any atom is 0.251 e. The zero-order chi connectivity index (χ0) is 17.8. The number of amides is 1. The first-order valence-corrected chi connectivity index (χ1v) is 9.69. The fraction of sp³-hybridized carbons (Fsp3) is 0.444. The molecule has 0 fully saturated rings. The Morgan fingerprint density at radius 2 is 2.36 bits per heavy atom. The molecule has 1 aromatic heterocycles. The maximum absolute atomic E-state index is 12.4. The number of aromatic nitrogens is 2. The summed E-state index contributed by atoms with van der Waals surface area (Å²) in [6, 6.07) is 7.72. The second-order valence-electron chi connectivity index (χ2n) is 6.05. The van der Waals surface area contributed by atoms with Crippen LogP contribution in [0.2, 0.25) is 0 Å². The molecular formula is C18H23N3O3S. The highest BCUT2D eigenvalue weighted by molar-refractivity contribution is 7.98. The Kier molecular flexibility index (Phi) is 5.65. The summed E-state index contributed by atoms with van der Waals surface area (Å²) in [6.45, 7) is 1.05. The normalized spacial score (nSPS) is 14.9. The molecule has 0 saturated heterocycles. The van der Waals surface area contributed by atoms with E-state index in [4.69, 9.17) is 4.74 Å². The number of aliphatic hydroxyl groups excluding tert-OH is 1. The lowest BCUT2D eigenvalue weighted by atomic mass is 10.1. The summed E-state index contributed by atoms with van der Waals surface area (Å²) in [7, 11) is 1.64. The molecule has 1 atom stereocenters. The van der Waals surface area contributed by atoms with Crippen molar-refractivity contribution in [2.24, 2.45) is 0 Å². The second kappa shape index (κ2) is 7.93. The van der Waals surface area contributed by atoms with Crippen LogP contribution in [0.5, 0.6) is 5.75 Å². The number of methoxy groups -OCH3 is 1. The van der Waals surface area contributed by atoms with Gasteiger partial charge in [-0.3, -0.25) is 4.79 Å². The van der Waals surface area contributed by atoms with Gasteiger partial charge in [0.1, 0.15) is 17.7 Å². The molecule has 2 aromatic rings. The third-order valence-electron chi connectivity index (χ3n) is 4.37. The van der Waals surface area contributed by atoms with E-state index in [1.54, 1.807) is 23.8 Å². The summed E-state index contributed by atoms with van der Waals surface area (Å²) in [5.41, 5.74) is 2.88. The zero-order valence-electron chi connectivity index (χ0n) is 14.5. The minimum atomic E-state index is -0.922. The van der Waals surface area contributed by atoms with Crippen LogP contribution in [0.3, 0.4) is 0 Å². The number of aliphatic hydroxyl groups is 1. The van der Waals surface area contributed by atoms with Crippen molar-refractivity contribution < 1.29 is 14.6 Å². The van der Waals surface area contributed by atoms with Crippen molar-refractivity contribution in [3.63, 3.8) is 0 Å². The van der Waals surface area contributed by atoms with Crippen molar-refractivity contribution in [3.05, 3.63) is 35.7 Å². The van der Waals surface area contributed by atoms with E-state index in [-0.39, 0.29) is 5.91 Å². The van der Waals surface area contributed by atoms with E-state index in [9.17, 15) is 9.90 Å². The Morgan fingerprint density at radius 3 is 3.12 bits per heavy atom. The highest BCUT2D eigenvalue weighted by atomic mass is 32.2. The smallest absolute Gasteiger partial charge is 0.251 e. The zero-order valence-corrected chi connectivity index (χ0v) is 15.3. The third-order valence-corrected chi connectivity index (χ3v) is 5.01. The molecular weight excluding hydrogens is 338 g/mol. The van der Waals surface area contributed by atoms with Crippen LogP contribution in [0.25, 0.3) is 11.4 Å². The Bertz CT molecular complexity index is 747. The molecule has 0 radical (unpaired) electrons. The summed E-state index contributed by atoms with van der Waals surface area (Å²) in [5.74, 6) is 2.13. The number of rotatable bonds is 6. The van der Waals surface area contributed by atoms with Crippen molar-refractivity contribution >= 4 is 17.7 Å². The van der Waals surface area contributed by atoms with Gasteiger partial charge in [-0.25, -0.2) is 4.98 Å². The molecule has 1 aliphatic heterocycles. The van der Waals surface area contributed by atoms with Crippen molar-refractivity contribution in [2.45, 2.75) is 25.5 Å². The van der Waals surface area contributed by atoms with Gasteiger partial charge in [-0.1, -0.05) is 12.1 Å². The summed E-state index contributed by atoms with van der Waals surface area (Å²) in [5, 5.41) is 10.0. The van der Waals surface area contributed by atoms with Gasteiger partial charge in [-0.05, 0) is 30.6 Å². The number of aromatic amines is 1. The molecule has 2 N–H and O–H groups in total. The van der Waals surface area contributed by atoms with Gasteiger partial charge < -0.3 is 19.7 Å². The summed E-state index contributed by atoms with van der Waals surface area (Å²) >= 11 is 1.63. The number of carbonyl (C=O) groups excluding carboxylic acids is 1. The molecule has 1 unspecified atom stereocenters. The number of nitrogens with one attached hydrogen (secondary N) is 1. The van der Waals surface area contributed by atoms with E-state index in [2.05, 4.69) is 9.97 Å². The number of benzene rings is 1. The fourth-order valence-corrected chi connectivity index (χ4v) is 3.41. The molecule has 7 heteroatoms.